The van der Waals surface area contributed by atoms with E-state index in [4.69, 9.17) is 17.3 Å². The first-order chi connectivity index (χ1) is 7.77. The Morgan fingerprint density at radius 3 is 2.81 bits per heavy atom. The van der Waals surface area contributed by atoms with Crippen molar-refractivity contribution < 1.29 is 0 Å². The highest BCUT2D eigenvalue weighted by molar-refractivity contribution is 6.31. The molecule has 1 saturated heterocycles. The summed E-state index contributed by atoms with van der Waals surface area (Å²) in [7, 11) is 0. The van der Waals surface area contributed by atoms with E-state index in [1.54, 1.807) is 0 Å². The molecule has 2 rings (SSSR count). The average Bonchev–Trinajstić information content (AvgIpc) is 2.72. The first-order valence-electron chi connectivity index (χ1n) is 5.96. The van der Waals surface area contributed by atoms with Gasteiger partial charge in [0.1, 0.15) is 0 Å². The predicted octanol–water partition coefficient (Wildman–Crippen LogP) is 2.68. The van der Waals surface area contributed by atoms with Crippen molar-refractivity contribution in [2.75, 3.05) is 19.6 Å². The first-order valence-corrected chi connectivity index (χ1v) is 6.34. The van der Waals surface area contributed by atoms with E-state index in [1.807, 2.05) is 12.1 Å². The number of hydrogen-bond acceptors (Lipinski definition) is 2. The highest BCUT2D eigenvalue weighted by Crippen LogP contribution is 2.39. The highest BCUT2D eigenvalue weighted by atomic mass is 35.5. The van der Waals surface area contributed by atoms with Gasteiger partial charge in [-0.2, -0.15) is 0 Å². The quantitative estimate of drug-likeness (QED) is 0.878. The van der Waals surface area contributed by atoms with E-state index in [-0.39, 0.29) is 0 Å². The number of rotatable bonds is 3. The minimum atomic E-state index is 0.406. The maximum Gasteiger partial charge on any atom is 0.0453 e. The van der Waals surface area contributed by atoms with E-state index in [0.29, 0.717) is 12.0 Å². The molecule has 1 heterocycles. The van der Waals surface area contributed by atoms with Gasteiger partial charge in [0, 0.05) is 11.1 Å². The summed E-state index contributed by atoms with van der Waals surface area (Å²) < 4.78 is 0. The van der Waals surface area contributed by atoms with Crippen LogP contribution in [0.4, 0.5) is 0 Å². The molecule has 1 aromatic carbocycles. The predicted molar refractivity (Wildman–Crippen MR) is 68.6 cm³/mol. The van der Waals surface area contributed by atoms with E-state index in [1.165, 1.54) is 12.0 Å². The molecule has 0 spiro atoms. The monoisotopic (exact) mass is 238 g/mol. The van der Waals surface area contributed by atoms with Crippen LogP contribution in [0.5, 0.6) is 0 Å². The Morgan fingerprint density at radius 1 is 1.44 bits per heavy atom. The Balaban J connectivity index is 2.32. The summed E-state index contributed by atoms with van der Waals surface area (Å²) in [6.45, 7) is 5.13. The number of likely N-dealkylation sites (tertiary alicyclic amines) is 1. The van der Waals surface area contributed by atoms with E-state index < -0.39 is 0 Å². The molecule has 0 aromatic heterocycles. The van der Waals surface area contributed by atoms with Crippen LogP contribution in [-0.4, -0.2) is 24.5 Å². The molecule has 1 aromatic rings. The van der Waals surface area contributed by atoms with Gasteiger partial charge in [0.15, 0.2) is 0 Å². The molecule has 2 atom stereocenters. The van der Waals surface area contributed by atoms with Crippen LogP contribution in [-0.2, 0) is 0 Å². The molecule has 0 amide bonds. The van der Waals surface area contributed by atoms with Crippen LogP contribution in [0.2, 0.25) is 5.02 Å². The molecule has 88 valence electrons. The zero-order chi connectivity index (χ0) is 11.5. The van der Waals surface area contributed by atoms with Gasteiger partial charge in [0.05, 0.1) is 0 Å². The smallest absolute Gasteiger partial charge is 0.0453 e. The van der Waals surface area contributed by atoms with Gasteiger partial charge in [0.2, 0.25) is 0 Å². The number of nitrogens with two attached hydrogens (primary N) is 1. The van der Waals surface area contributed by atoms with Crippen molar-refractivity contribution >= 4 is 11.6 Å². The van der Waals surface area contributed by atoms with Gasteiger partial charge >= 0.3 is 0 Å². The van der Waals surface area contributed by atoms with Crippen LogP contribution in [0.25, 0.3) is 0 Å². The molecule has 0 bridgehead atoms. The van der Waals surface area contributed by atoms with Gasteiger partial charge in [-0.15, -0.1) is 0 Å². The molecule has 1 aliphatic rings. The number of nitrogens with zero attached hydrogens (tertiary/aromatic N) is 1. The number of halogens is 1. The minimum absolute atomic E-state index is 0.406. The molecule has 1 aliphatic heterocycles. The van der Waals surface area contributed by atoms with Crippen LogP contribution in [0, 0.1) is 5.92 Å². The lowest BCUT2D eigenvalue weighted by Crippen LogP contribution is -2.28. The molecule has 2 nitrogen and oxygen atoms in total. The summed E-state index contributed by atoms with van der Waals surface area (Å²) >= 11 is 6.28. The Hall–Kier alpha value is -0.570. The summed E-state index contributed by atoms with van der Waals surface area (Å²) in [4.78, 5) is 2.47. The van der Waals surface area contributed by atoms with Gasteiger partial charge in [-0.05, 0) is 43.6 Å². The molecule has 1 fully saturated rings. The van der Waals surface area contributed by atoms with Crippen LogP contribution in [0.15, 0.2) is 24.3 Å². The molecule has 0 radical (unpaired) electrons. The Labute approximate surface area is 102 Å². The zero-order valence-electron chi connectivity index (χ0n) is 9.70. The Morgan fingerprint density at radius 2 is 2.19 bits per heavy atom. The Bertz CT molecular complexity index is 342. The molecule has 2 unspecified atom stereocenters. The van der Waals surface area contributed by atoms with Crippen molar-refractivity contribution in [1.29, 1.82) is 0 Å². The number of benzene rings is 1. The van der Waals surface area contributed by atoms with Gasteiger partial charge in [-0.1, -0.05) is 36.7 Å². The maximum absolute atomic E-state index is 6.28. The fraction of sp³-hybridized carbons (Fsp3) is 0.538. The van der Waals surface area contributed by atoms with Crippen LogP contribution in [0.3, 0.4) is 0 Å². The fourth-order valence-corrected chi connectivity index (χ4v) is 2.94. The topological polar surface area (TPSA) is 29.3 Å². The highest BCUT2D eigenvalue weighted by Gasteiger charge is 2.34. The van der Waals surface area contributed by atoms with Gasteiger partial charge in [0.25, 0.3) is 0 Å². The molecule has 3 heteroatoms. The second-order valence-electron chi connectivity index (χ2n) is 4.38. The van der Waals surface area contributed by atoms with Crippen molar-refractivity contribution in [2.24, 2.45) is 11.7 Å². The van der Waals surface area contributed by atoms with Crippen molar-refractivity contribution in [3.63, 3.8) is 0 Å². The minimum Gasteiger partial charge on any atom is -0.330 e. The van der Waals surface area contributed by atoms with E-state index >= 15 is 0 Å². The third-order valence-electron chi connectivity index (χ3n) is 3.56. The van der Waals surface area contributed by atoms with Crippen molar-refractivity contribution in [3.05, 3.63) is 34.9 Å². The lowest BCUT2D eigenvalue weighted by Gasteiger charge is -2.27. The van der Waals surface area contributed by atoms with Gasteiger partial charge < -0.3 is 5.73 Å². The molecular weight excluding hydrogens is 220 g/mol. The molecule has 0 saturated carbocycles. The van der Waals surface area contributed by atoms with Crippen LogP contribution >= 0.6 is 11.6 Å². The second kappa shape index (κ2) is 5.17. The normalized spacial score (nSPS) is 26.2. The summed E-state index contributed by atoms with van der Waals surface area (Å²) in [6, 6.07) is 8.54. The second-order valence-corrected chi connectivity index (χ2v) is 4.79. The van der Waals surface area contributed by atoms with Crippen molar-refractivity contribution in [2.45, 2.75) is 19.4 Å². The molecular formula is C13H19ClN2. The average molecular weight is 239 g/mol. The molecule has 0 aliphatic carbocycles. The summed E-state index contributed by atoms with van der Waals surface area (Å²) in [5.74, 6) is 0.542. The van der Waals surface area contributed by atoms with E-state index in [2.05, 4.69) is 24.0 Å². The third kappa shape index (κ3) is 2.10. The largest absolute Gasteiger partial charge is 0.330 e. The maximum atomic E-state index is 6.28. The lowest BCUT2D eigenvalue weighted by molar-refractivity contribution is 0.242. The standard InChI is InChI=1S/C13H19ClN2/c1-2-16-8-7-10(9-15)13(16)11-5-3-4-6-12(11)14/h3-6,10,13H,2,7-9,15H2,1H3. The van der Waals surface area contributed by atoms with Gasteiger partial charge in [-0.3, -0.25) is 4.90 Å². The summed E-state index contributed by atoms with van der Waals surface area (Å²) in [5, 5.41) is 0.867. The summed E-state index contributed by atoms with van der Waals surface area (Å²) in [6.07, 6.45) is 1.18. The SMILES string of the molecule is CCN1CCC(CN)C1c1ccccc1Cl. The number of hydrogen-bond donors (Lipinski definition) is 1. The van der Waals surface area contributed by atoms with Crippen LogP contribution in [0.1, 0.15) is 24.9 Å². The van der Waals surface area contributed by atoms with Crippen LogP contribution < -0.4 is 5.73 Å². The van der Waals surface area contributed by atoms with E-state index in [9.17, 15) is 0 Å². The van der Waals surface area contributed by atoms with E-state index in [0.717, 1.165) is 24.7 Å². The van der Waals surface area contributed by atoms with Gasteiger partial charge in [-0.25, -0.2) is 0 Å². The lowest BCUT2D eigenvalue weighted by atomic mass is 9.94. The zero-order valence-corrected chi connectivity index (χ0v) is 10.5. The molecule has 2 N–H and O–H groups in total. The Kier molecular flexibility index (Phi) is 3.85. The van der Waals surface area contributed by atoms with Crippen molar-refractivity contribution in [1.82, 2.24) is 4.90 Å². The molecule has 16 heavy (non-hydrogen) atoms. The first kappa shape index (κ1) is 11.9. The summed E-state index contributed by atoms with van der Waals surface area (Å²) in [5.41, 5.74) is 7.09. The fourth-order valence-electron chi connectivity index (χ4n) is 2.69. The van der Waals surface area contributed by atoms with Crippen molar-refractivity contribution in [3.8, 4) is 0 Å². The third-order valence-corrected chi connectivity index (χ3v) is 3.90.